The summed E-state index contributed by atoms with van der Waals surface area (Å²) in [6.45, 7) is 0. The third kappa shape index (κ3) is 1.50. The Balaban J connectivity index is 2.63. The molecular formula is C10H6N2O5S. The van der Waals surface area contributed by atoms with Crippen LogP contribution in [-0.4, -0.2) is 28.4 Å². The second kappa shape index (κ2) is 3.40. The molecule has 2 N–H and O–H groups in total. The topological polar surface area (TPSA) is 114 Å². The van der Waals surface area contributed by atoms with Crippen LogP contribution < -0.4 is 0 Å². The summed E-state index contributed by atoms with van der Waals surface area (Å²) in [6.07, 6.45) is 0. The van der Waals surface area contributed by atoms with E-state index in [9.17, 15) is 18.1 Å². The van der Waals surface area contributed by atoms with Crippen LogP contribution in [0.25, 0.3) is 21.9 Å². The molecule has 0 atom stereocenters. The van der Waals surface area contributed by atoms with Crippen LogP contribution in [0.4, 0.5) is 0 Å². The molecule has 0 saturated carbocycles. The molecule has 0 radical (unpaired) electrons. The van der Waals surface area contributed by atoms with E-state index in [1.54, 1.807) is 0 Å². The van der Waals surface area contributed by atoms with E-state index >= 15 is 0 Å². The van der Waals surface area contributed by atoms with Crippen molar-refractivity contribution < 1.29 is 22.6 Å². The summed E-state index contributed by atoms with van der Waals surface area (Å²) in [5, 5.41) is 17.0. The fourth-order valence-corrected chi connectivity index (χ4v) is 2.54. The van der Waals surface area contributed by atoms with Gasteiger partial charge >= 0.3 is 0 Å². The lowest BCUT2D eigenvalue weighted by Crippen LogP contribution is -1.99. The van der Waals surface area contributed by atoms with Crippen LogP contribution in [0.2, 0.25) is 0 Å². The maximum atomic E-state index is 11.3. The Kier molecular flexibility index (Phi) is 2.07. The van der Waals surface area contributed by atoms with Gasteiger partial charge in [0.25, 0.3) is 10.1 Å². The molecule has 8 heteroatoms. The van der Waals surface area contributed by atoms with Crippen LogP contribution in [0, 0.1) is 0 Å². The molecule has 0 fully saturated rings. The van der Waals surface area contributed by atoms with Gasteiger partial charge in [0.15, 0.2) is 5.58 Å². The Morgan fingerprint density at radius 2 is 1.94 bits per heavy atom. The molecule has 7 nitrogen and oxygen atoms in total. The summed E-state index contributed by atoms with van der Waals surface area (Å²) in [6, 6.07) is 5.17. The zero-order valence-corrected chi connectivity index (χ0v) is 9.55. The molecule has 3 aromatic rings. The first-order chi connectivity index (χ1) is 8.47. The molecule has 0 unspecified atom stereocenters. The number of aromatic hydroxyl groups is 1. The molecule has 92 valence electrons. The van der Waals surface area contributed by atoms with Gasteiger partial charge in [0.05, 0.1) is 0 Å². The standard InChI is InChI=1S/C10H6N2O5S/c13-5-1-2-6-7(3-5)10-8(17-12-11-10)4-9(6)18(14,15)16/h1-4,13H,(H,14,15,16). The highest BCUT2D eigenvalue weighted by atomic mass is 32.2. The Bertz CT molecular complexity index is 868. The fourth-order valence-electron chi connectivity index (χ4n) is 1.83. The summed E-state index contributed by atoms with van der Waals surface area (Å²) in [4.78, 5) is -0.316. The van der Waals surface area contributed by atoms with Gasteiger partial charge in [0.2, 0.25) is 0 Å². The molecule has 0 aliphatic carbocycles. The molecule has 18 heavy (non-hydrogen) atoms. The van der Waals surface area contributed by atoms with Crippen LogP contribution in [-0.2, 0) is 10.1 Å². The minimum Gasteiger partial charge on any atom is -0.508 e. The molecule has 3 rings (SSSR count). The van der Waals surface area contributed by atoms with Crippen molar-refractivity contribution in [2.45, 2.75) is 4.90 Å². The normalized spacial score (nSPS) is 12.3. The van der Waals surface area contributed by atoms with Crippen molar-refractivity contribution in [1.29, 1.82) is 0 Å². The minimum absolute atomic E-state index is 0.0562. The van der Waals surface area contributed by atoms with E-state index in [1.807, 2.05) is 0 Å². The van der Waals surface area contributed by atoms with Crippen molar-refractivity contribution >= 4 is 32.0 Å². The predicted octanol–water partition coefficient (Wildman–Crippen LogP) is 1.33. The number of fused-ring (bicyclic) bond motifs is 3. The quantitative estimate of drug-likeness (QED) is 0.638. The van der Waals surface area contributed by atoms with Gasteiger partial charge in [-0.2, -0.15) is 8.42 Å². The largest absolute Gasteiger partial charge is 0.508 e. The van der Waals surface area contributed by atoms with Gasteiger partial charge in [-0.3, -0.25) is 4.55 Å². The van der Waals surface area contributed by atoms with Gasteiger partial charge in [-0.1, -0.05) is 0 Å². The third-order valence-electron chi connectivity index (χ3n) is 2.58. The predicted molar refractivity (Wildman–Crippen MR) is 60.8 cm³/mol. The second-order valence-electron chi connectivity index (χ2n) is 3.70. The van der Waals surface area contributed by atoms with Gasteiger partial charge in [0, 0.05) is 22.1 Å². The summed E-state index contributed by atoms with van der Waals surface area (Å²) in [5.41, 5.74) is 0.425. The van der Waals surface area contributed by atoms with Crippen LogP contribution in [0.15, 0.2) is 33.7 Å². The minimum atomic E-state index is -4.41. The second-order valence-corrected chi connectivity index (χ2v) is 5.09. The van der Waals surface area contributed by atoms with Crippen molar-refractivity contribution in [2.24, 2.45) is 0 Å². The van der Waals surface area contributed by atoms with Gasteiger partial charge in [-0.15, -0.1) is 5.10 Å². The van der Waals surface area contributed by atoms with Crippen LogP contribution in [0.1, 0.15) is 0 Å². The van der Waals surface area contributed by atoms with E-state index in [-0.39, 0.29) is 21.6 Å². The molecular weight excluding hydrogens is 260 g/mol. The Labute approximate surface area is 100 Å². The van der Waals surface area contributed by atoms with Gasteiger partial charge in [-0.05, 0) is 18.2 Å². The molecule has 1 heterocycles. The first-order valence-corrected chi connectivity index (χ1v) is 6.26. The van der Waals surface area contributed by atoms with Crippen molar-refractivity contribution in [2.75, 3.05) is 0 Å². The summed E-state index contributed by atoms with van der Waals surface area (Å²) >= 11 is 0. The number of rotatable bonds is 1. The zero-order chi connectivity index (χ0) is 12.9. The molecule has 0 spiro atoms. The van der Waals surface area contributed by atoms with Crippen molar-refractivity contribution in [1.82, 2.24) is 10.4 Å². The molecule has 0 aliphatic rings. The maximum absolute atomic E-state index is 11.3. The van der Waals surface area contributed by atoms with E-state index in [1.165, 1.54) is 18.2 Å². The summed E-state index contributed by atoms with van der Waals surface area (Å²) in [5.74, 6) is -0.0562. The molecule has 1 aromatic heterocycles. The Morgan fingerprint density at radius 3 is 2.67 bits per heavy atom. The highest BCUT2D eigenvalue weighted by Gasteiger charge is 2.19. The summed E-state index contributed by atoms with van der Waals surface area (Å²) < 4.78 is 36.6. The molecule has 0 saturated heterocycles. The number of aromatic nitrogens is 2. The fraction of sp³-hybridized carbons (Fsp3) is 0. The number of benzene rings is 2. The average Bonchev–Trinajstić information content (AvgIpc) is 2.74. The van der Waals surface area contributed by atoms with E-state index < -0.39 is 10.1 Å². The first kappa shape index (κ1) is 10.9. The highest BCUT2D eigenvalue weighted by Crippen LogP contribution is 2.32. The van der Waals surface area contributed by atoms with E-state index in [0.717, 1.165) is 6.07 Å². The molecule has 0 aliphatic heterocycles. The lowest BCUT2D eigenvalue weighted by Gasteiger charge is -2.04. The van der Waals surface area contributed by atoms with Crippen LogP contribution >= 0.6 is 0 Å². The molecule has 2 aromatic carbocycles. The Morgan fingerprint density at radius 1 is 1.17 bits per heavy atom. The van der Waals surface area contributed by atoms with E-state index in [0.29, 0.717) is 10.9 Å². The maximum Gasteiger partial charge on any atom is 0.295 e. The highest BCUT2D eigenvalue weighted by molar-refractivity contribution is 7.86. The van der Waals surface area contributed by atoms with Gasteiger partial charge < -0.3 is 9.63 Å². The van der Waals surface area contributed by atoms with Crippen molar-refractivity contribution in [3.05, 3.63) is 24.3 Å². The number of phenolic OH excluding ortho intramolecular Hbond substituents is 1. The SMILES string of the molecule is O=S(=O)(O)c1cc2onnc2c2cc(O)ccc12. The number of phenols is 1. The van der Waals surface area contributed by atoms with Crippen LogP contribution in [0.5, 0.6) is 5.75 Å². The third-order valence-corrected chi connectivity index (χ3v) is 3.47. The monoisotopic (exact) mass is 266 g/mol. The van der Waals surface area contributed by atoms with Crippen molar-refractivity contribution in [3.63, 3.8) is 0 Å². The zero-order valence-electron chi connectivity index (χ0n) is 8.73. The lowest BCUT2D eigenvalue weighted by atomic mass is 10.1. The van der Waals surface area contributed by atoms with E-state index in [4.69, 9.17) is 4.52 Å². The Hall–Kier alpha value is -2.19. The lowest BCUT2D eigenvalue weighted by molar-refractivity contribution is 0.423. The van der Waals surface area contributed by atoms with Gasteiger partial charge in [0.1, 0.15) is 16.2 Å². The first-order valence-electron chi connectivity index (χ1n) is 4.82. The van der Waals surface area contributed by atoms with Crippen LogP contribution in [0.3, 0.4) is 0 Å². The number of hydrogen-bond acceptors (Lipinski definition) is 6. The van der Waals surface area contributed by atoms with Crippen molar-refractivity contribution in [3.8, 4) is 5.75 Å². The summed E-state index contributed by atoms with van der Waals surface area (Å²) in [7, 11) is -4.41. The number of nitrogens with zero attached hydrogens (tertiary/aromatic N) is 2. The molecule has 0 bridgehead atoms. The van der Waals surface area contributed by atoms with E-state index in [2.05, 4.69) is 10.4 Å². The average molecular weight is 266 g/mol. The molecule has 0 amide bonds. The number of hydrogen-bond donors (Lipinski definition) is 2. The van der Waals surface area contributed by atoms with Gasteiger partial charge in [-0.25, -0.2) is 0 Å². The smallest absolute Gasteiger partial charge is 0.295 e.